The number of halogens is 1. The normalized spacial score (nSPS) is 14.5. The standard InChI is InChI=1S/C25H19ClN2O4/c1-31-21-13-11-20(12-14-21)28-23(17-7-9-19(26)10-8-17)27-22(24(28)29)15-16-3-5-18(6-4-16)25(30)32-2/h3-15H,1-2H3/b22-15+. The molecule has 0 N–H and O–H groups in total. The number of anilines is 1. The van der Waals surface area contributed by atoms with Gasteiger partial charge in [0.25, 0.3) is 5.91 Å². The van der Waals surface area contributed by atoms with Gasteiger partial charge in [-0.3, -0.25) is 9.69 Å². The van der Waals surface area contributed by atoms with Crippen molar-refractivity contribution in [3.63, 3.8) is 0 Å². The molecular formula is C25H19ClN2O4. The van der Waals surface area contributed by atoms with Gasteiger partial charge in [-0.1, -0.05) is 23.7 Å². The smallest absolute Gasteiger partial charge is 0.337 e. The number of esters is 1. The number of carbonyl (C=O) groups is 2. The van der Waals surface area contributed by atoms with E-state index in [1.54, 1.807) is 78.7 Å². The van der Waals surface area contributed by atoms with Gasteiger partial charge in [-0.25, -0.2) is 9.79 Å². The molecule has 1 aliphatic heterocycles. The zero-order valence-electron chi connectivity index (χ0n) is 17.4. The number of amides is 1. The summed E-state index contributed by atoms with van der Waals surface area (Å²) < 4.78 is 9.95. The van der Waals surface area contributed by atoms with E-state index in [-0.39, 0.29) is 11.6 Å². The Balaban J connectivity index is 1.74. The van der Waals surface area contributed by atoms with Crippen LogP contribution in [0.25, 0.3) is 6.08 Å². The fraction of sp³-hybridized carbons (Fsp3) is 0.0800. The molecule has 3 aromatic carbocycles. The number of methoxy groups -OCH3 is 2. The van der Waals surface area contributed by atoms with E-state index in [1.165, 1.54) is 7.11 Å². The SMILES string of the molecule is COC(=O)c1ccc(/C=C2/N=C(c3ccc(Cl)cc3)N(c3ccc(OC)cc3)C2=O)cc1. The predicted octanol–water partition coefficient (Wildman–Crippen LogP) is 4.97. The second-order valence-corrected chi connectivity index (χ2v) is 7.36. The molecule has 0 atom stereocenters. The van der Waals surface area contributed by atoms with E-state index < -0.39 is 5.97 Å². The molecule has 0 bridgehead atoms. The predicted molar refractivity (Wildman–Crippen MR) is 124 cm³/mol. The molecule has 0 saturated carbocycles. The van der Waals surface area contributed by atoms with Crippen molar-refractivity contribution in [3.8, 4) is 5.75 Å². The van der Waals surface area contributed by atoms with E-state index in [9.17, 15) is 9.59 Å². The van der Waals surface area contributed by atoms with Crippen molar-refractivity contribution >= 4 is 41.1 Å². The van der Waals surface area contributed by atoms with Crippen molar-refractivity contribution in [2.75, 3.05) is 19.1 Å². The number of hydrogen-bond donors (Lipinski definition) is 0. The van der Waals surface area contributed by atoms with E-state index in [1.807, 2.05) is 12.1 Å². The molecule has 7 heteroatoms. The highest BCUT2D eigenvalue weighted by Gasteiger charge is 2.32. The highest BCUT2D eigenvalue weighted by molar-refractivity contribution is 6.34. The Kier molecular flexibility index (Phi) is 6.05. The zero-order valence-corrected chi connectivity index (χ0v) is 18.2. The molecule has 4 rings (SSSR count). The molecule has 0 aromatic heterocycles. The Morgan fingerprint density at radius 2 is 1.59 bits per heavy atom. The molecule has 0 spiro atoms. The Bertz CT molecular complexity index is 1210. The first kappa shape index (κ1) is 21.3. The van der Waals surface area contributed by atoms with Crippen LogP contribution in [0.1, 0.15) is 21.5 Å². The van der Waals surface area contributed by atoms with Gasteiger partial charge in [0, 0.05) is 10.6 Å². The molecule has 3 aromatic rings. The quantitative estimate of drug-likeness (QED) is 0.410. The monoisotopic (exact) mass is 446 g/mol. The lowest BCUT2D eigenvalue weighted by atomic mass is 10.1. The zero-order chi connectivity index (χ0) is 22.7. The number of rotatable bonds is 5. The van der Waals surface area contributed by atoms with Gasteiger partial charge in [-0.05, 0) is 72.3 Å². The van der Waals surface area contributed by atoms with E-state index in [0.717, 1.165) is 11.1 Å². The van der Waals surface area contributed by atoms with E-state index >= 15 is 0 Å². The molecule has 0 unspecified atom stereocenters. The second kappa shape index (κ2) is 9.08. The summed E-state index contributed by atoms with van der Waals surface area (Å²) in [4.78, 5) is 31.2. The molecule has 32 heavy (non-hydrogen) atoms. The number of hydrogen-bond acceptors (Lipinski definition) is 5. The van der Waals surface area contributed by atoms with Gasteiger partial charge in [-0.15, -0.1) is 0 Å². The Morgan fingerprint density at radius 3 is 2.19 bits per heavy atom. The summed E-state index contributed by atoms with van der Waals surface area (Å²) in [5.74, 6) is 0.494. The Morgan fingerprint density at radius 1 is 0.938 bits per heavy atom. The molecule has 1 heterocycles. The maximum atomic E-state index is 13.3. The first-order chi connectivity index (χ1) is 15.5. The molecule has 0 fully saturated rings. The van der Waals surface area contributed by atoms with Crippen molar-refractivity contribution in [1.82, 2.24) is 0 Å². The number of carbonyl (C=O) groups excluding carboxylic acids is 2. The van der Waals surface area contributed by atoms with Gasteiger partial charge < -0.3 is 9.47 Å². The summed E-state index contributed by atoms with van der Waals surface area (Å²) in [5.41, 5.74) is 2.85. The Labute approximate surface area is 190 Å². The minimum atomic E-state index is -0.421. The molecule has 0 saturated heterocycles. The lowest BCUT2D eigenvalue weighted by Gasteiger charge is -2.19. The third kappa shape index (κ3) is 4.26. The average molecular weight is 447 g/mol. The van der Waals surface area contributed by atoms with Gasteiger partial charge >= 0.3 is 5.97 Å². The van der Waals surface area contributed by atoms with Crippen molar-refractivity contribution < 1.29 is 19.1 Å². The van der Waals surface area contributed by atoms with Crippen molar-refractivity contribution in [3.05, 3.63) is 100 Å². The van der Waals surface area contributed by atoms with Gasteiger partial charge in [0.1, 0.15) is 17.3 Å². The highest BCUT2D eigenvalue weighted by atomic mass is 35.5. The largest absolute Gasteiger partial charge is 0.497 e. The minimum Gasteiger partial charge on any atom is -0.497 e. The van der Waals surface area contributed by atoms with Crippen LogP contribution in [0.2, 0.25) is 5.02 Å². The van der Waals surface area contributed by atoms with Crippen LogP contribution in [0.5, 0.6) is 5.75 Å². The van der Waals surface area contributed by atoms with Gasteiger partial charge in [0.15, 0.2) is 0 Å². The average Bonchev–Trinajstić information content (AvgIpc) is 3.15. The van der Waals surface area contributed by atoms with E-state index in [2.05, 4.69) is 4.99 Å². The van der Waals surface area contributed by atoms with Gasteiger partial charge in [-0.2, -0.15) is 0 Å². The molecule has 6 nitrogen and oxygen atoms in total. The van der Waals surface area contributed by atoms with Crippen LogP contribution in [-0.2, 0) is 9.53 Å². The number of ether oxygens (including phenoxy) is 2. The van der Waals surface area contributed by atoms with Gasteiger partial charge in [0.05, 0.1) is 25.5 Å². The molecule has 1 amide bonds. The molecule has 160 valence electrons. The summed E-state index contributed by atoms with van der Waals surface area (Å²) >= 11 is 6.04. The fourth-order valence-corrected chi connectivity index (χ4v) is 3.40. The van der Waals surface area contributed by atoms with Crippen LogP contribution in [0, 0.1) is 0 Å². The number of benzene rings is 3. The highest BCUT2D eigenvalue weighted by Crippen LogP contribution is 2.29. The summed E-state index contributed by atoms with van der Waals surface area (Å²) in [7, 11) is 2.92. The summed E-state index contributed by atoms with van der Waals surface area (Å²) in [6, 6.07) is 21.1. The maximum absolute atomic E-state index is 13.3. The van der Waals surface area contributed by atoms with Crippen LogP contribution in [0.15, 0.2) is 83.5 Å². The van der Waals surface area contributed by atoms with E-state index in [0.29, 0.717) is 27.9 Å². The van der Waals surface area contributed by atoms with Crippen LogP contribution >= 0.6 is 11.6 Å². The first-order valence-electron chi connectivity index (χ1n) is 9.73. The lowest BCUT2D eigenvalue weighted by Crippen LogP contribution is -2.32. The van der Waals surface area contributed by atoms with Gasteiger partial charge in [0.2, 0.25) is 0 Å². The second-order valence-electron chi connectivity index (χ2n) is 6.92. The van der Waals surface area contributed by atoms with E-state index in [4.69, 9.17) is 21.1 Å². The number of nitrogens with zero attached hydrogens (tertiary/aromatic N) is 2. The molecular weight excluding hydrogens is 428 g/mol. The van der Waals surface area contributed by atoms with Crippen LogP contribution in [0.3, 0.4) is 0 Å². The molecule has 0 aliphatic carbocycles. The number of amidine groups is 1. The third-order valence-electron chi connectivity index (χ3n) is 4.93. The minimum absolute atomic E-state index is 0.267. The first-order valence-corrected chi connectivity index (χ1v) is 10.1. The Hall–Kier alpha value is -3.90. The lowest BCUT2D eigenvalue weighted by molar-refractivity contribution is -0.113. The van der Waals surface area contributed by atoms with Crippen LogP contribution in [-0.4, -0.2) is 31.9 Å². The summed E-state index contributed by atoms with van der Waals surface area (Å²) in [6.07, 6.45) is 1.68. The summed E-state index contributed by atoms with van der Waals surface area (Å²) in [5, 5.41) is 0.594. The summed E-state index contributed by atoms with van der Waals surface area (Å²) in [6.45, 7) is 0. The topological polar surface area (TPSA) is 68.2 Å². The maximum Gasteiger partial charge on any atom is 0.337 e. The van der Waals surface area contributed by atoms with Crippen molar-refractivity contribution in [2.45, 2.75) is 0 Å². The fourth-order valence-electron chi connectivity index (χ4n) is 3.27. The van der Waals surface area contributed by atoms with Crippen LogP contribution in [0.4, 0.5) is 5.69 Å². The van der Waals surface area contributed by atoms with Crippen LogP contribution < -0.4 is 9.64 Å². The molecule has 1 aliphatic rings. The van der Waals surface area contributed by atoms with Crippen molar-refractivity contribution in [2.24, 2.45) is 4.99 Å². The third-order valence-corrected chi connectivity index (χ3v) is 5.18. The van der Waals surface area contributed by atoms with Crippen molar-refractivity contribution in [1.29, 1.82) is 0 Å². The molecule has 0 radical (unpaired) electrons. The number of aliphatic imine (C=N–C) groups is 1.